The highest BCUT2D eigenvalue weighted by Crippen LogP contribution is 2.18. The third kappa shape index (κ3) is 2.25. The fourth-order valence-electron chi connectivity index (χ4n) is 1.61. The molecule has 1 aromatic heterocycles. The number of aromatic nitrogens is 1. The molecule has 0 spiro atoms. The first-order chi connectivity index (χ1) is 7.70. The normalized spacial score (nSPS) is 13.2. The van der Waals surface area contributed by atoms with Gasteiger partial charge in [0.2, 0.25) is 5.89 Å². The van der Waals surface area contributed by atoms with E-state index in [0.29, 0.717) is 12.6 Å². The zero-order valence-corrected chi connectivity index (χ0v) is 10.1. The number of para-hydroxylation sites is 1. The van der Waals surface area contributed by atoms with Crippen LogP contribution in [0.4, 0.5) is 0 Å². The highest BCUT2D eigenvalue weighted by atomic mass is 16.3. The van der Waals surface area contributed by atoms with E-state index in [1.54, 1.807) is 0 Å². The van der Waals surface area contributed by atoms with Crippen LogP contribution in [-0.2, 0) is 6.54 Å². The van der Waals surface area contributed by atoms with Gasteiger partial charge in [-0.05, 0) is 31.9 Å². The summed E-state index contributed by atoms with van der Waals surface area (Å²) in [6.45, 7) is 7.07. The van der Waals surface area contributed by atoms with Crippen LogP contribution in [0.5, 0.6) is 0 Å². The molecule has 3 heteroatoms. The molecular formula is C13H18N2O. The Bertz CT molecular complexity index is 476. The summed E-state index contributed by atoms with van der Waals surface area (Å²) in [6, 6.07) is 6.50. The van der Waals surface area contributed by atoms with E-state index in [1.165, 1.54) is 0 Å². The van der Waals surface area contributed by atoms with Gasteiger partial charge in [-0.1, -0.05) is 19.1 Å². The summed E-state index contributed by atoms with van der Waals surface area (Å²) in [5.74, 6) is 0.768. The maximum atomic E-state index is 5.67. The van der Waals surface area contributed by atoms with Crippen molar-refractivity contribution >= 4 is 11.1 Å². The number of aryl methyl sites for hydroxylation is 1. The zero-order chi connectivity index (χ0) is 11.5. The molecule has 0 saturated heterocycles. The maximum absolute atomic E-state index is 5.67. The molecule has 0 amide bonds. The van der Waals surface area contributed by atoms with E-state index in [1.807, 2.05) is 12.1 Å². The molecule has 2 rings (SSSR count). The zero-order valence-electron chi connectivity index (χ0n) is 10.1. The average Bonchev–Trinajstić information content (AvgIpc) is 2.70. The lowest BCUT2D eigenvalue weighted by Crippen LogP contribution is -2.24. The van der Waals surface area contributed by atoms with E-state index in [-0.39, 0.29) is 0 Å². The molecule has 1 heterocycles. The largest absolute Gasteiger partial charge is 0.439 e. The van der Waals surface area contributed by atoms with E-state index in [9.17, 15) is 0 Å². The molecule has 3 nitrogen and oxygen atoms in total. The Kier molecular flexibility index (Phi) is 3.25. The predicted octanol–water partition coefficient (Wildman–Crippen LogP) is 3.02. The van der Waals surface area contributed by atoms with E-state index in [0.717, 1.165) is 29.0 Å². The Morgan fingerprint density at radius 2 is 2.25 bits per heavy atom. The average molecular weight is 218 g/mol. The molecular weight excluding hydrogens is 200 g/mol. The fraction of sp³-hybridized carbons (Fsp3) is 0.462. The van der Waals surface area contributed by atoms with Gasteiger partial charge in [0, 0.05) is 6.04 Å². The molecule has 1 unspecified atom stereocenters. The van der Waals surface area contributed by atoms with Gasteiger partial charge in [-0.2, -0.15) is 0 Å². The quantitative estimate of drug-likeness (QED) is 0.857. The summed E-state index contributed by atoms with van der Waals surface area (Å²) >= 11 is 0. The van der Waals surface area contributed by atoms with Crippen molar-refractivity contribution in [1.29, 1.82) is 0 Å². The lowest BCUT2D eigenvalue weighted by Gasteiger charge is -2.07. The minimum absolute atomic E-state index is 0.496. The third-order valence-electron chi connectivity index (χ3n) is 2.88. The van der Waals surface area contributed by atoms with E-state index in [4.69, 9.17) is 4.42 Å². The van der Waals surface area contributed by atoms with E-state index in [2.05, 4.69) is 37.1 Å². The minimum atomic E-state index is 0.496. The fourth-order valence-corrected chi connectivity index (χ4v) is 1.61. The highest BCUT2D eigenvalue weighted by molar-refractivity contribution is 5.76. The number of rotatable bonds is 4. The van der Waals surface area contributed by atoms with Crippen molar-refractivity contribution in [3.8, 4) is 0 Å². The summed E-state index contributed by atoms with van der Waals surface area (Å²) in [4.78, 5) is 4.49. The standard InChI is InChI=1S/C13H18N2O/c1-4-10(3)14-8-12-15-13-9(2)6-5-7-11(13)16-12/h5-7,10,14H,4,8H2,1-3H3. The van der Waals surface area contributed by atoms with Gasteiger partial charge in [0.1, 0.15) is 5.52 Å². The summed E-state index contributed by atoms with van der Waals surface area (Å²) in [7, 11) is 0. The van der Waals surface area contributed by atoms with Crippen LogP contribution < -0.4 is 5.32 Å². The Hall–Kier alpha value is -1.35. The van der Waals surface area contributed by atoms with Crippen LogP contribution in [0.2, 0.25) is 0 Å². The Morgan fingerprint density at radius 1 is 1.44 bits per heavy atom. The van der Waals surface area contributed by atoms with Crippen LogP contribution in [0.3, 0.4) is 0 Å². The molecule has 0 aliphatic heterocycles. The Morgan fingerprint density at radius 3 is 2.94 bits per heavy atom. The molecule has 1 N–H and O–H groups in total. The first-order valence-corrected chi connectivity index (χ1v) is 5.79. The molecule has 86 valence electrons. The second-order valence-corrected chi connectivity index (χ2v) is 4.22. The molecule has 0 aliphatic rings. The second kappa shape index (κ2) is 4.66. The van der Waals surface area contributed by atoms with Crippen LogP contribution >= 0.6 is 0 Å². The molecule has 2 aromatic rings. The highest BCUT2D eigenvalue weighted by Gasteiger charge is 2.07. The smallest absolute Gasteiger partial charge is 0.209 e. The Labute approximate surface area is 95.9 Å². The SMILES string of the molecule is CCC(C)NCc1nc2c(C)cccc2o1. The van der Waals surface area contributed by atoms with Crippen molar-refractivity contribution in [2.24, 2.45) is 0 Å². The second-order valence-electron chi connectivity index (χ2n) is 4.22. The maximum Gasteiger partial charge on any atom is 0.209 e. The molecule has 0 saturated carbocycles. The minimum Gasteiger partial charge on any atom is -0.439 e. The van der Waals surface area contributed by atoms with Gasteiger partial charge < -0.3 is 9.73 Å². The molecule has 0 fully saturated rings. The van der Waals surface area contributed by atoms with Gasteiger partial charge in [-0.25, -0.2) is 4.98 Å². The van der Waals surface area contributed by atoms with Gasteiger partial charge in [0.05, 0.1) is 6.54 Å². The summed E-state index contributed by atoms with van der Waals surface area (Å²) in [5, 5.41) is 3.37. The van der Waals surface area contributed by atoms with Gasteiger partial charge in [0.15, 0.2) is 5.58 Å². The van der Waals surface area contributed by atoms with Crippen molar-refractivity contribution in [1.82, 2.24) is 10.3 Å². The monoisotopic (exact) mass is 218 g/mol. The Balaban J connectivity index is 2.17. The van der Waals surface area contributed by atoms with Crippen molar-refractivity contribution in [2.75, 3.05) is 0 Å². The van der Waals surface area contributed by atoms with Crippen molar-refractivity contribution in [3.63, 3.8) is 0 Å². The number of oxazole rings is 1. The summed E-state index contributed by atoms with van der Waals surface area (Å²) in [5.41, 5.74) is 3.01. The van der Waals surface area contributed by atoms with Crippen LogP contribution in [0, 0.1) is 6.92 Å². The lowest BCUT2D eigenvalue weighted by molar-refractivity contribution is 0.455. The number of hydrogen-bond acceptors (Lipinski definition) is 3. The van der Waals surface area contributed by atoms with Crippen molar-refractivity contribution in [2.45, 2.75) is 39.8 Å². The van der Waals surface area contributed by atoms with Crippen molar-refractivity contribution in [3.05, 3.63) is 29.7 Å². The van der Waals surface area contributed by atoms with E-state index >= 15 is 0 Å². The third-order valence-corrected chi connectivity index (χ3v) is 2.88. The first kappa shape index (κ1) is 11.1. The van der Waals surface area contributed by atoms with Crippen LogP contribution in [0.25, 0.3) is 11.1 Å². The number of nitrogens with zero attached hydrogens (tertiary/aromatic N) is 1. The first-order valence-electron chi connectivity index (χ1n) is 5.79. The number of hydrogen-bond donors (Lipinski definition) is 1. The lowest BCUT2D eigenvalue weighted by atomic mass is 10.2. The molecule has 0 bridgehead atoms. The van der Waals surface area contributed by atoms with Crippen LogP contribution in [0.15, 0.2) is 22.6 Å². The van der Waals surface area contributed by atoms with Crippen LogP contribution in [-0.4, -0.2) is 11.0 Å². The molecule has 16 heavy (non-hydrogen) atoms. The summed E-state index contributed by atoms with van der Waals surface area (Å²) < 4.78 is 5.67. The topological polar surface area (TPSA) is 38.1 Å². The molecule has 0 radical (unpaired) electrons. The van der Waals surface area contributed by atoms with Crippen LogP contribution in [0.1, 0.15) is 31.7 Å². The van der Waals surface area contributed by atoms with Gasteiger partial charge in [-0.15, -0.1) is 0 Å². The number of fused-ring (bicyclic) bond motifs is 1. The van der Waals surface area contributed by atoms with Gasteiger partial charge in [0.25, 0.3) is 0 Å². The number of nitrogens with one attached hydrogen (secondary N) is 1. The summed E-state index contributed by atoms with van der Waals surface area (Å²) in [6.07, 6.45) is 1.11. The predicted molar refractivity (Wildman–Crippen MR) is 65.3 cm³/mol. The van der Waals surface area contributed by atoms with Gasteiger partial charge in [-0.3, -0.25) is 0 Å². The molecule has 1 aromatic carbocycles. The van der Waals surface area contributed by atoms with Crippen molar-refractivity contribution < 1.29 is 4.42 Å². The molecule has 1 atom stereocenters. The van der Waals surface area contributed by atoms with Gasteiger partial charge >= 0.3 is 0 Å². The van der Waals surface area contributed by atoms with E-state index < -0.39 is 0 Å². The molecule has 0 aliphatic carbocycles. The number of benzene rings is 1.